The van der Waals surface area contributed by atoms with Gasteiger partial charge in [-0.3, -0.25) is 24.6 Å². The molecule has 0 unspecified atom stereocenters. The number of imide groups is 1. The second-order valence-corrected chi connectivity index (χ2v) is 11.4. The number of methoxy groups -OCH3 is 1. The van der Waals surface area contributed by atoms with Crippen molar-refractivity contribution in [3.63, 3.8) is 0 Å². The van der Waals surface area contributed by atoms with Gasteiger partial charge in [0, 0.05) is 16.1 Å². The Morgan fingerprint density at radius 2 is 1.82 bits per heavy atom. The van der Waals surface area contributed by atoms with Gasteiger partial charge in [0.05, 0.1) is 23.5 Å². The number of hydrogen-bond acceptors (Lipinski definition) is 9. The molecular formula is C25H19BrN2O8S2. The molecular weight excluding hydrogens is 600 g/mol. The van der Waals surface area contributed by atoms with Crippen molar-refractivity contribution in [1.29, 1.82) is 0 Å². The van der Waals surface area contributed by atoms with E-state index in [1.54, 1.807) is 0 Å². The van der Waals surface area contributed by atoms with Gasteiger partial charge in [-0.1, -0.05) is 46.3 Å². The fourth-order valence-electron chi connectivity index (χ4n) is 3.54. The number of halogens is 1. The smallest absolute Gasteiger partial charge is 0.339 e. The fourth-order valence-corrected chi connectivity index (χ4v) is 5.74. The average molecular weight is 619 g/mol. The Hall–Kier alpha value is -3.68. The molecule has 0 aromatic heterocycles. The Morgan fingerprint density at radius 1 is 1.08 bits per heavy atom. The minimum Gasteiger partial charge on any atom is -0.493 e. The van der Waals surface area contributed by atoms with E-state index < -0.39 is 26.2 Å². The van der Waals surface area contributed by atoms with Crippen molar-refractivity contribution in [2.45, 2.75) is 18.4 Å². The zero-order chi connectivity index (χ0) is 27.6. The highest BCUT2D eigenvalue weighted by molar-refractivity contribution is 9.10. The van der Waals surface area contributed by atoms with Crippen molar-refractivity contribution < 1.29 is 31.9 Å². The summed E-state index contributed by atoms with van der Waals surface area (Å²) in [5.41, 5.74) is 1.19. The molecule has 0 bridgehead atoms. The third kappa shape index (κ3) is 5.74. The van der Waals surface area contributed by atoms with Crippen molar-refractivity contribution in [1.82, 2.24) is 4.90 Å². The fraction of sp³-hybridized carbons (Fsp3) is 0.120. The Kier molecular flexibility index (Phi) is 7.90. The van der Waals surface area contributed by atoms with E-state index in [1.807, 2.05) is 24.3 Å². The molecule has 1 aliphatic rings. The summed E-state index contributed by atoms with van der Waals surface area (Å²) in [6.07, 6.45) is 1.50. The molecule has 0 atom stereocenters. The van der Waals surface area contributed by atoms with Gasteiger partial charge in [-0.15, -0.1) is 0 Å². The van der Waals surface area contributed by atoms with Gasteiger partial charge < -0.3 is 8.92 Å². The summed E-state index contributed by atoms with van der Waals surface area (Å²) in [6.45, 7) is 1.60. The standard InChI is InChI=1S/C25H19BrN2O8S2/c1-15-7-9-18(13-20(15)28(31)32)38(33,34)36-21-10-8-16(11-22(21)35-2)12-23-24(29)27(25(30)37-23)14-17-5-3-4-6-19(17)26/h3-13H,14H2,1-2H3/b23-12-. The lowest BCUT2D eigenvalue weighted by atomic mass is 10.1. The molecule has 0 N–H and O–H groups in total. The molecule has 0 aliphatic carbocycles. The first-order valence-corrected chi connectivity index (χ1v) is 13.9. The number of carbonyl (C=O) groups is 2. The third-order valence-corrected chi connectivity index (χ3v) is 8.42. The second kappa shape index (κ2) is 11.0. The summed E-state index contributed by atoms with van der Waals surface area (Å²) in [5, 5.41) is 10.8. The SMILES string of the molecule is COc1cc(/C=C2\SC(=O)N(Cc3ccccc3Br)C2=O)ccc1OS(=O)(=O)c1ccc(C)c([N+](=O)[O-])c1. The van der Waals surface area contributed by atoms with Gasteiger partial charge in [0.2, 0.25) is 0 Å². The van der Waals surface area contributed by atoms with E-state index in [1.165, 1.54) is 50.4 Å². The number of amides is 2. The maximum absolute atomic E-state index is 12.9. The van der Waals surface area contributed by atoms with E-state index in [-0.39, 0.29) is 33.5 Å². The van der Waals surface area contributed by atoms with Crippen molar-refractivity contribution in [3.05, 3.63) is 96.8 Å². The first-order valence-electron chi connectivity index (χ1n) is 10.9. The van der Waals surface area contributed by atoms with Gasteiger partial charge in [0.25, 0.3) is 16.8 Å². The summed E-state index contributed by atoms with van der Waals surface area (Å²) >= 11 is 4.21. The average Bonchev–Trinajstić information content (AvgIpc) is 3.13. The molecule has 1 saturated heterocycles. The lowest BCUT2D eigenvalue weighted by Gasteiger charge is -2.13. The van der Waals surface area contributed by atoms with Crippen LogP contribution in [0.5, 0.6) is 11.5 Å². The van der Waals surface area contributed by atoms with Crippen molar-refractivity contribution in [2.75, 3.05) is 7.11 Å². The molecule has 0 spiro atoms. The second-order valence-electron chi connectivity index (χ2n) is 8.01. The molecule has 1 fully saturated rings. The van der Waals surface area contributed by atoms with Gasteiger partial charge in [-0.05, 0) is 60.2 Å². The Bertz CT molecular complexity index is 1600. The van der Waals surface area contributed by atoms with E-state index >= 15 is 0 Å². The Labute approximate surface area is 230 Å². The lowest BCUT2D eigenvalue weighted by Crippen LogP contribution is -2.27. The molecule has 13 heteroatoms. The van der Waals surface area contributed by atoms with Crippen LogP contribution in [-0.2, 0) is 21.5 Å². The van der Waals surface area contributed by atoms with Crippen molar-refractivity contribution >= 4 is 60.7 Å². The van der Waals surface area contributed by atoms with Crippen LogP contribution in [0.4, 0.5) is 10.5 Å². The van der Waals surface area contributed by atoms with Crippen LogP contribution in [0.25, 0.3) is 6.08 Å². The number of nitro benzene ring substituents is 1. The van der Waals surface area contributed by atoms with Crippen LogP contribution >= 0.6 is 27.7 Å². The highest BCUT2D eigenvalue weighted by Crippen LogP contribution is 2.37. The molecule has 38 heavy (non-hydrogen) atoms. The van der Waals surface area contributed by atoms with E-state index in [0.29, 0.717) is 11.1 Å². The highest BCUT2D eigenvalue weighted by atomic mass is 79.9. The zero-order valence-corrected chi connectivity index (χ0v) is 23.1. The molecule has 0 radical (unpaired) electrons. The van der Waals surface area contributed by atoms with Crippen molar-refractivity contribution in [2.24, 2.45) is 0 Å². The summed E-state index contributed by atoms with van der Waals surface area (Å²) in [7, 11) is -3.12. The van der Waals surface area contributed by atoms with E-state index in [0.717, 1.165) is 32.8 Å². The van der Waals surface area contributed by atoms with E-state index in [9.17, 15) is 28.1 Å². The van der Waals surface area contributed by atoms with Crippen LogP contribution in [0.3, 0.4) is 0 Å². The van der Waals surface area contributed by atoms with Gasteiger partial charge in [0.15, 0.2) is 11.5 Å². The summed E-state index contributed by atoms with van der Waals surface area (Å²) < 4.78 is 36.9. The number of carbonyl (C=O) groups excluding carboxylic acids is 2. The van der Waals surface area contributed by atoms with Crippen molar-refractivity contribution in [3.8, 4) is 11.5 Å². The lowest BCUT2D eigenvalue weighted by molar-refractivity contribution is -0.385. The Balaban J connectivity index is 1.57. The number of benzene rings is 3. The first-order chi connectivity index (χ1) is 18.0. The van der Waals surface area contributed by atoms with Crippen LogP contribution in [0, 0.1) is 17.0 Å². The number of rotatable bonds is 8. The number of nitro groups is 1. The van der Waals surface area contributed by atoms with Gasteiger partial charge >= 0.3 is 10.1 Å². The van der Waals surface area contributed by atoms with Crippen LogP contribution in [-0.4, -0.2) is 36.5 Å². The quantitative estimate of drug-likeness (QED) is 0.135. The first kappa shape index (κ1) is 27.4. The molecule has 10 nitrogen and oxygen atoms in total. The normalized spacial score (nSPS) is 14.7. The van der Waals surface area contributed by atoms with E-state index in [2.05, 4.69) is 15.9 Å². The molecule has 0 saturated carbocycles. The summed E-state index contributed by atoms with van der Waals surface area (Å²) in [5.74, 6) is -0.579. The van der Waals surface area contributed by atoms with Crippen LogP contribution in [0.15, 0.2) is 74.9 Å². The highest BCUT2D eigenvalue weighted by Gasteiger charge is 2.35. The Morgan fingerprint density at radius 3 is 2.50 bits per heavy atom. The van der Waals surface area contributed by atoms with Crippen LogP contribution in [0.2, 0.25) is 0 Å². The predicted molar refractivity (Wildman–Crippen MR) is 144 cm³/mol. The number of nitrogens with zero attached hydrogens (tertiary/aromatic N) is 2. The maximum atomic E-state index is 12.9. The molecule has 3 aromatic rings. The summed E-state index contributed by atoms with van der Waals surface area (Å²) in [4.78, 5) is 36.9. The number of hydrogen-bond donors (Lipinski definition) is 0. The third-order valence-electron chi connectivity index (χ3n) is 5.51. The van der Waals surface area contributed by atoms with Gasteiger partial charge in [-0.25, -0.2) is 0 Å². The number of thioether (sulfide) groups is 1. The van der Waals surface area contributed by atoms with Gasteiger partial charge in [-0.2, -0.15) is 8.42 Å². The maximum Gasteiger partial charge on any atom is 0.339 e. The molecule has 1 heterocycles. The molecule has 1 aliphatic heterocycles. The monoisotopic (exact) mass is 618 g/mol. The molecule has 4 rings (SSSR count). The van der Waals surface area contributed by atoms with E-state index in [4.69, 9.17) is 8.92 Å². The molecule has 2 amide bonds. The number of aryl methyl sites for hydroxylation is 1. The van der Waals surface area contributed by atoms with Crippen LogP contribution in [0.1, 0.15) is 16.7 Å². The molecule has 196 valence electrons. The molecule has 3 aromatic carbocycles. The predicted octanol–water partition coefficient (Wildman–Crippen LogP) is 5.68. The summed E-state index contributed by atoms with van der Waals surface area (Å²) in [6, 6.07) is 15.0. The van der Waals surface area contributed by atoms with Gasteiger partial charge in [0.1, 0.15) is 4.90 Å². The number of ether oxygens (including phenoxy) is 1. The zero-order valence-electron chi connectivity index (χ0n) is 19.9. The topological polar surface area (TPSA) is 133 Å². The minimum absolute atomic E-state index is 0.0383. The minimum atomic E-state index is -4.42. The largest absolute Gasteiger partial charge is 0.493 e. The van der Waals surface area contributed by atoms with Crippen LogP contribution < -0.4 is 8.92 Å².